The second kappa shape index (κ2) is 7.22. The van der Waals surface area contributed by atoms with Crippen LogP contribution in [0.3, 0.4) is 0 Å². The molecule has 2 N–H and O–H groups in total. The van der Waals surface area contributed by atoms with Gasteiger partial charge < -0.3 is 15.0 Å². The predicted molar refractivity (Wildman–Crippen MR) is 120 cm³/mol. The smallest absolute Gasteiger partial charge is 0.225 e. The highest BCUT2D eigenvalue weighted by Crippen LogP contribution is 2.36. The van der Waals surface area contributed by atoms with Crippen LogP contribution in [0.2, 0.25) is 0 Å². The van der Waals surface area contributed by atoms with Crippen molar-refractivity contribution in [2.75, 3.05) is 23.7 Å². The van der Waals surface area contributed by atoms with E-state index < -0.39 is 11.6 Å². The van der Waals surface area contributed by atoms with Crippen molar-refractivity contribution in [3.63, 3.8) is 0 Å². The fourth-order valence-corrected chi connectivity index (χ4v) is 4.19. The molecule has 0 radical (unpaired) electrons. The quantitative estimate of drug-likeness (QED) is 0.455. The fourth-order valence-electron chi connectivity index (χ4n) is 4.19. The molecule has 1 aliphatic heterocycles. The van der Waals surface area contributed by atoms with E-state index in [0.717, 1.165) is 47.8 Å². The molecule has 33 heavy (non-hydrogen) atoms. The Morgan fingerprint density at radius 3 is 2.58 bits per heavy atom. The Hall–Kier alpha value is -4.08. The van der Waals surface area contributed by atoms with Gasteiger partial charge in [-0.3, -0.25) is 0 Å². The lowest BCUT2D eigenvalue weighted by atomic mass is 10.1. The van der Waals surface area contributed by atoms with Crippen molar-refractivity contribution in [1.82, 2.24) is 29.0 Å². The van der Waals surface area contributed by atoms with Crippen LogP contribution >= 0.6 is 0 Å². The van der Waals surface area contributed by atoms with Crippen molar-refractivity contribution in [2.45, 2.75) is 19.8 Å². The average Bonchev–Trinajstić information content (AvgIpc) is 3.34. The van der Waals surface area contributed by atoms with Gasteiger partial charge in [-0.25, -0.2) is 18.7 Å². The molecule has 1 saturated heterocycles. The first-order valence-corrected chi connectivity index (χ1v) is 10.7. The van der Waals surface area contributed by atoms with Gasteiger partial charge in [0, 0.05) is 48.7 Å². The number of rotatable bonds is 4. The normalized spacial score (nSPS) is 13.7. The van der Waals surface area contributed by atoms with Crippen molar-refractivity contribution in [3.05, 3.63) is 71.4 Å². The summed E-state index contributed by atoms with van der Waals surface area (Å²) in [6.45, 7) is 3.71. The molecule has 0 spiro atoms. The minimum Gasteiger partial charge on any atom is -0.368 e. The van der Waals surface area contributed by atoms with Crippen LogP contribution in [-0.4, -0.2) is 42.1 Å². The first-order valence-electron chi connectivity index (χ1n) is 10.7. The molecule has 1 fully saturated rings. The summed E-state index contributed by atoms with van der Waals surface area (Å²) in [5.41, 5.74) is 10.1. The summed E-state index contributed by atoms with van der Waals surface area (Å²) in [7, 11) is 0. The van der Waals surface area contributed by atoms with Crippen molar-refractivity contribution >= 4 is 23.1 Å². The summed E-state index contributed by atoms with van der Waals surface area (Å²) in [6.07, 6.45) is 4.76. The van der Waals surface area contributed by atoms with E-state index in [1.807, 2.05) is 35.9 Å². The van der Waals surface area contributed by atoms with Crippen LogP contribution < -0.4 is 10.6 Å². The highest BCUT2D eigenvalue weighted by Gasteiger charge is 2.26. The van der Waals surface area contributed by atoms with Crippen LogP contribution in [-0.2, 0) is 6.42 Å². The van der Waals surface area contributed by atoms with Crippen LogP contribution in [0.15, 0.2) is 42.7 Å². The van der Waals surface area contributed by atoms with Crippen LogP contribution in [0.5, 0.6) is 0 Å². The second-order valence-electron chi connectivity index (χ2n) is 8.20. The zero-order valence-electron chi connectivity index (χ0n) is 17.8. The Balaban J connectivity index is 1.57. The number of fused-ring (bicyclic) bond motifs is 2. The number of imidazole rings is 1. The maximum absolute atomic E-state index is 14.2. The molecule has 1 aromatic carbocycles. The number of pyridine rings is 1. The highest BCUT2D eigenvalue weighted by molar-refractivity contribution is 5.88. The molecule has 4 aromatic heterocycles. The lowest BCUT2D eigenvalue weighted by Gasteiger charge is -2.33. The molecule has 8 nitrogen and oxygen atoms in total. The van der Waals surface area contributed by atoms with Gasteiger partial charge in [0.2, 0.25) is 5.95 Å². The van der Waals surface area contributed by atoms with Gasteiger partial charge in [-0.05, 0) is 37.6 Å². The molecular weight excluding hydrogens is 426 g/mol. The Morgan fingerprint density at radius 2 is 1.85 bits per heavy atom. The van der Waals surface area contributed by atoms with E-state index in [1.165, 1.54) is 22.7 Å². The zero-order valence-corrected chi connectivity index (χ0v) is 17.8. The summed E-state index contributed by atoms with van der Waals surface area (Å²) in [6, 6.07) is 7.67. The summed E-state index contributed by atoms with van der Waals surface area (Å²) in [5, 5.41) is 4.44. The monoisotopic (exact) mass is 446 g/mol. The van der Waals surface area contributed by atoms with Crippen molar-refractivity contribution in [2.24, 2.45) is 0 Å². The molecule has 10 heteroatoms. The van der Waals surface area contributed by atoms with Gasteiger partial charge in [-0.15, -0.1) is 5.10 Å². The Bertz CT molecular complexity index is 1510. The van der Waals surface area contributed by atoms with Gasteiger partial charge >= 0.3 is 0 Å². The van der Waals surface area contributed by atoms with E-state index in [1.54, 1.807) is 0 Å². The summed E-state index contributed by atoms with van der Waals surface area (Å²) < 4.78 is 31.9. The number of nitrogen functional groups attached to an aromatic ring is 1. The van der Waals surface area contributed by atoms with Crippen molar-refractivity contribution < 1.29 is 8.78 Å². The number of halogens is 2. The number of aromatic nitrogens is 6. The third-order valence-electron chi connectivity index (χ3n) is 6.07. The third-order valence-corrected chi connectivity index (χ3v) is 6.07. The number of nitrogens with two attached hydrogens (primary N) is 1. The molecule has 0 atom stereocenters. The van der Waals surface area contributed by atoms with Crippen LogP contribution in [0, 0.1) is 18.6 Å². The van der Waals surface area contributed by atoms with E-state index in [2.05, 4.69) is 25.0 Å². The molecule has 0 aliphatic carbocycles. The van der Waals surface area contributed by atoms with Crippen molar-refractivity contribution in [1.29, 1.82) is 0 Å². The molecule has 0 saturated carbocycles. The van der Waals surface area contributed by atoms with E-state index in [4.69, 9.17) is 5.73 Å². The SMILES string of the molecule is Cc1cnc2ccc(-c3c(N4CCC4)nc(N)n4nc(Cc5c(F)cccc5F)nc34)cn12. The minimum absolute atomic E-state index is 0.0834. The fraction of sp³-hybridized carbons (Fsp3) is 0.217. The van der Waals surface area contributed by atoms with Crippen molar-refractivity contribution in [3.8, 4) is 11.1 Å². The predicted octanol–water partition coefficient (Wildman–Crippen LogP) is 3.41. The number of anilines is 2. The van der Waals surface area contributed by atoms with Gasteiger partial charge in [-0.1, -0.05) is 6.07 Å². The minimum atomic E-state index is -0.637. The summed E-state index contributed by atoms with van der Waals surface area (Å²) in [5.74, 6) is -0.123. The Kier molecular flexibility index (Phi) is 4.29. The number of benzene rings is 1. The molecule has 6 rings (SSSR count). The van der Waals surface area contributed by atoms with Gasteiger partial charge in [-0.2, -0.15) is 9.50 Å². The van der Waals surface area contributed by atoms with E-state index in [0.29, 0.717) is 5.65 Å². The maximum Gasteiger partial charge on any atom is 0.225 e. The van der Waals surface area contributed by atoms with Gasteiger partial charge in [0.25, 0.3) is 0 Å². The molecule has 5 heterocycles. The highest BCUT2D eigenvalue weighted by atomic mass is 19.1. The number of hydrogen-bond acceptors (Lipinski definition) is 6. The molecule has 5 aromatic rings. The first-order chi connectivity index (χ1) is 16.0. The third kappa shape index (κ3) is 3.09. The van der Waals surface area contributed by atoms with Crippen LogP contribution in [0.25, 0.3) is 22.4 Å². The first kappa shape index (κ1) is 19.6. The molecule has 0 amide bonds. The largest absolute Gasteiger partial charge is 0.368 e. The molecular formula is C23H20F2N8. The standard InChI is InChI=1S/C23H20F2N8/c1-13-11-27-19-7-6-14(12-32(13)19)20-21(31-8-3-9-31)29-23(26)33-22(20)28-18(30-33)10-15-16(24)4-2-5-17(15)25/h2,4-7,11-12H,3,8-10H2,1H3,(H2,26,29). The van der Waals surface area contributed by atoms with Crippen LogP contribution in [0.1, 0.15) is 23.5 Å². The number of nitrogens with zero attached hydrogens (tertiary/aromatic N) is 7. The molecule has 166 valence electrons. The Morgan fingerprint density at radius 1 is 1.06 bits per heavy atom. The van der Waals surface area contributed by atoms with E-state index in [-0.39, 0.29) is 23.8 Å². The number of hydrogen-bond donors (Lipinski definition) is 1. The van der Waals surface area contributed by atoms with Gasteiger partial charge in [0.1, 0.15) is 23.1 Å². The van der Waals surface area contributed by atoms with Crippen LogP contribution in [0.4, 0.5) is 20.5 Å². The summed E-state index contributed by atoms with van der Waals surface area (Å²) in [4.78, 5) is 15.8. The number of aryl methyl sites for hydroxylation is 1. The topological polar surface area (TPSA) is 89.6 Å². The van der Waals surface area contributed by atoms with Gasteiger partial charge in [0.05, 0.1) is 5.56 Å². The van der Waals surface area contributed by atoms with E-state index in [9.17, 15) is 8.78 Å². The lowest BCUT2D eigenvalue weighted by molar-refractivity contribution is 0.559. The molecule has 1 aliphatic rings. The van der Waals surface area contributed by atoms with E-state index >= 15 is 0 Å². The molecule has 0 unspecified atom stereocenters. The Labute approximate surface area is 187 Å². The average molecular weight is 446 g/mol. The van der Waals surface area contributed by atoms with Gasteiger partial charge in [0.15, 0.2) is 11.5 Å². The second-order valence-corrected chi connectivity index (χ2v) is 8.20. The molecule has 0 bridgehead atoms. The summed E-state index contributed by atoms with van der Waals surface area (Å²) >= 11 is 0. The maximum atomic E-state index is 14.2. The zero-order chi connectivity index (χ0) is 22.7. The lowest BCUT2D eigenvalue weighted by Crippen LogP contribution is -2.38.